The van der Waals surface area contributed by atoms with Gasteiger partial charge in [-0.2, -0.15) is 12.6 Å². The number of aromatic hydroxyl groups is 1. The van der Waals surface area contributed by atoms with E-state index in [-0.39, 0.29) is 23.8 Å². The van der Waals surface area contributed by atoms with Crippen molar-refractivity contribution < 1.29 is 24.6 Å². The second-order valence-corrected chi connectivity index (χ2v) is 6.79. The number of rotatable bonds is 10. The van der Waals surface area contributed by atoms with E-state index < -0.39 is 35.9 Å². The smallest absolute Gasteiger partial charge is 0.326 e. The second-order valence-electron chi connectivity index (χ2n) is 6.43. The zero-order chi connectivity index (χ0) is 20.6. The number of carboxylic acid groups (broad SMARTS) is 1. The van der Waals surface area contributed by atoms with Crippen LogP contribution in [0.5, 0.6) is 5.75 Å². The number of carbonyl (C=O) groups is 3. The van der Waals surface area contributed by atoms with E-state index >= 15 is 0 Å². The standard InChI is InChI=1S/C18H27N3O5S/c1-3-10(2)15(19)17(24)21-14(9-27)16(23)20-13(18(25)26)8-11-4-6-12(22)7-5-11/h4-7,10,13-15,22,27H,3,8-9,19H2,1-2H3,(H,20,23)(H,21,24)(H,25,26)/t10-,13-,14-,15-/m0/s1. The van der Waals surface area contributed by atoms with Gasteiger partial charge in [0.1, 0.15) is 17.8 Å². The van der Waals surface area contributed by atoms with Gasteiger partial charge in [-0.05, 0) is 23.6 Å². The van der Waals surface area contributed by atoms with Crippen molar-refractivity contribution in [3.8, 4) is 5.75 Å². The van der Waals surface area contributed by atoms with E-state index in [4.69, 9.17) is 5.73 Å². The van der Waals surface area contributed by atoms with Crippen molar-refractivity contribution >= 4 is 30.4 Å². The summed E-state index contributed by atoms with van der Waals surface area (Å²) in [7, 11) is 0. The molecule has 0 bridgehead atoms. The molecule has 0 unspecified atom stereocenters. The molecule has 0 saturated carbocycles. The van der Waals surface area contributed by atoms with Crippen LogP contribution in [0.25, 0.3) is 0 Å². The van der Waals surface area contributed by atoms with E-state index in [1.807, 2.05) is 13.8 Å². The van der Waals surface area contributed by atoms with Gasteiger partial charge in [-0.25, -0.2) is 4.79 Å². The zero-order valence-electron chi connectivity index (χ0n) is 15.4. The first-order valence-electron chi connectivity index (χ1n) is 8.67. The number of hydrogen-bond acceptors (Lipinski definition) is 6. The van der Waals surface area contributed by atoms with Gasteiger partial charge < -0.3 is 26.6 Å². The number of nitrogens with two attached hydrogens (primary N) is 1. The molecule has 0 aliphatic rings. The summed E-state index contributed by atoms with van der Waals surface area (Å²) in [5.41, 5.74) is 6.49. The highest BCUT2D eigenvalue weighted by Gasteiger charge is 2.28. The van der Waals surface area contributed by atoms with Gasteiger partial charge in [0, 0.05) is 12.2 Å². The molecule has 2 amide bonds. The highest BCUT2D eigenvalue weighted by Crippen LogP contribution is 2.12. The molecule has 0 aromatic heterocycles. The summed E-state index contributed by atoms with van der Waals surface area (Å²) in [4.78, 5) is 36.1. The minimum absolute atomic E-state index is 0.00362. The number of amides is 2. The molecule has 0 aliphatic heterocycles. The molecule has 0 heterocycles. The van der Waals surface area contributed by atoms with Crippen LogP contribution in [0.3, 0.4) is 0 Å². The average Bonchev–Trinajstić information content (AvgIpc) is 2.65. The van der Waals surface area contributed by atoms with Crippen molar-refractivity contribution in [2.45, 2.75) is 44.8 Å². The number of nitrogens with one attached hydrogen (secondary N) is 2. The van der Waals surface area contributed by atoms with Crippen LogP contribution >= 0.6 is 12.6 Å². The van der Waals surface area contributed by atoms with Crippen LogP contribution in [0.2, 0.25) is 0 Å². The first-order chi connectivity index (χ1) is 12.7. The Morgan fingerprint density at radius 2 is 1.67 bits per heavy atom. The van der Waals surface area contributed by atoms with E-state index in [2.05, 4.69) is 23.3 Å². The normalized spacial score (nSPS) is 15.3. The number of carboxylic acids is 1. The molecule has 0 saturated heterocycles. The lowest BCUT2D eigenvalue weighted by molar-refractivity contribution is -0.142. The van der Waals surface area contributed by atoms with Crippen LogP contribution < -0.4 is 16.4 Å². The van der Waals surface area contributed by atoms with Crippen molar-refractivity contribution in [2.24, 2.45) is 11.7 Å². The highest BCUT2D eigenvalue weighted by atomic mass is 32.1. The molecule has 4 atom stereocenters. The molecular formula is C18H27N3O5S. The van der Waals surface area contributed by atoms with Gasteiger partial charge in [-0.3, -0.25) is 9.59 Å². The van der Waals surface area contributed by atoms with Crippen molar-refractivity contribution in [3.63, 3.8) is 0 Å². The number of carbonyl (C=O) groups excluding carboxylic acids is 2. The predicted octanol–water partition coefficient (Wildman–Crippen LogP) is 0.292. The van der Waals surface area contributed by atoms with Gasteiger partial charge in [-0.15, -0.1) is 0 Å². The maximum absolute atomic E-state index is 12.4. The molecule has 8 nitrogen and oxygen atoms in total. The number of phenolic OH excluding ortho intramolecular Hbond substituents is 1. The Morgan fingerprint density at radius 3 is 2.15 bits per heavy atom. The Bertz CT molecular complexity index is 653. The lowest BCUT2D eigenvalue weighted by atomic mass is 9.99. The number of aliphatic carboxylic acids is 1. The molecule has 1 aromatic rings. The topological polar surface area (TPSA) is 142 Å². The molecule has 0 fully saturated rings. The van der Waals surface area contributed by atoms with E-state index in [9.17, 15) is 24.6 Å². The van der Waals surface area contributed by atoms with E-state index in [1.165, 1.54) is 12.1 Å². The summed E-state index contributed by atoms with van der Waals surface area (Å²) in [5, 5.41) is 23.6. The number of hydrogen-bond donors (Lipinski definition) is 6. The monoisotopic (exact) mass is 397 g/mol. The zero-order valence-corrected chi connectivity index (χ0v) is 16.3. The number of benzene rings is 1. The minimum Gasteiger partial charge on any atom is -0.508 e. The van der Waals surface area contributed by atoms with Gasteiger partial charge in [0.05, 0.1) is 6.04 Å². The quantitative estimate of drug-likeness (QED) is 0.314. The summed E-state index contributed by atoms with van der Waals surface area (Å²) >= 11 is 4.07. The first kappa shape index (κ1) is 22.8. The Balaban J connectivity index is 2.76. The first-order valence-corrected chi connectivity index (χ1v) is 9.30. The van der Waals surface area contributed by atoms with Crippen molar-refractivity contribution in [2.75, 3.05) is 5.75 Å². The third-order valence-corrected chi connectivity index (χ3v) is 4.73. The Hall–Kier alpha value is -2.26. The lowest BCUT2D eigenvalue weighted by Gasteiger charge is -2.23. The van der Waals surface area contributed by atoms with E-state index in [0.29, 0.717) is 12.0 Å². The molecule has 27 heavy (non-hydrogen) atoms. The fourth-order valence-corrected chi connectivity index (χ4v) is 2.57. The maximum Gasteiger partial charge on any atom is 0.326 e. The predicted molar refractivity (Wildman–Crippen MR) is 105 cm³/mol. The molecular weight excluding hydrogens is 370 g/mol. The van der Waals surface area contributed by atoms with E-state index in [1.54, 1.807) is 12.1 Å². The van der Waals surface area contributed by atoms with E-state index in [0.717, 1.165) is 0 Å². The third kappa shape index (κ3) is 7.10. The van der Waals surface area contributed by atoms with Crippen LogP contribution in [-0.4, -0.2) is 51.9 Å². The fraction of sp³-hybridized carbons (Fsp3) is 0.500. The Morgan fingerprint density at radius 1 is 1.11 bits per heavy atom. The van der Waals surface area contributed by atoms with Gasteiger partial charge in [0.15, 0.2) is 0 Å². The summed E-state index contributed by atoms with van der Waals surface area (Å²) < 4.78 is 0. The van der Waals surface area contributed by atoms with Crippen LogP contribution in [0.15, 0.2) is 24.3 Å². The summed E-state index contributed by atoms with van der Waals surface area (Å²) in [6.45, 7) is 3.74. The van der Waals surface area contributed by atoms with Gasteiger partial charge >= 0.3 is 5.97 Å². The summed E-state index contributed by atoms with van der Waals surface area (Å²) in [6, 6.07) is 3.05. The van der Waals surface area contributed by atoms with Crippen LogP contribution in [0.4, 0.5) is 0 Å². The number of phenols is 1. The average molecular weight is 397 g/mol. The van der Waals surface area contributed by atoms with Crippen molar-refractivity contribution in [3.05, 3.63) is 29.8 Å². The molecule has 0 spiro atoms. The molecule has 0 radical (unpaired) electrons. The van der Waals surface area contributed by atoms with Crippen molar-refractivity contribution in [1.29, 1.82) is 0 Å². The van der Waals surface area contributed by atoms with Gasteiger partial charge in [-0.1, -0.05) is 32.4 Å². The molecule has 1 rings (SSSR count). The Labute approximate surface area is 163 Å². The molecule has 0 aliphatic carbocycles. The molecule has 6 N–H and O–H groups in total. The fourth-order valence-electron chi connectivity index (χ4n) is 2.31. The second kappa shape index (κ2) is 10.8. The van der Waals surface area contributed by atoms with Gasteiger partial charge in [0.2, 0.25) is 11.8 Å². The molecule has 9 heteroatoms. The third-order valence-electron chi connectivity index (χ3n) is 4.37. The summed E-state index contributed by atoms with van der Waals surface area (Å²) in [5.74, 6) is -2.35. The number of thiol groups is 1. The Kier molecular flexibility index (Phi) is 9.10. The van der Waals surface area contributed by atoms with Crippen molar-refractivity contribution in [1.82, 2.24) is 10.6 Å². The SMILES string of the molecule is CC[C@H](C)[C@H](N)C(=O)N[C@@H](CS)C(=O)N[C@@H](Cc1ccc(O)cc1)C(=O)O. The lowest BCUT2D eigenvalue weighted by Crippen LogP contribution is -2.56. The molecule has 1 aromatic carbocycles. The van der Waals surface area contributed by atoms with Crippen LogP contribution in [0.1, 0.15) is 25.8 Å². The summed E-state index contributed by atoms with van der Waals surface area (Å²) in [6.07, 6.45) is 0.737. The maximum atomic E-state index is 12.4. The largest absolute Gasteiger partial charge is 0.508 e. The van der Waals surface area contributed by atoms with Gasteiger partial charge in [0.25, 0.3) is 0 Å². The highest BCUT2D eigenvalue weighted by molar-refractivity contribution is 7.80. The van der Waals surface area contributed by atoms with Crippen LogP contribution in [0, 0.1) is 5.92 Å². The minimum atomic E-state index is -1.21. The molecule has 150 valence electrons. The van der Waals surface area contributed by atoms with Crippen LogP contribution in [-0.2, 0) is 20.8 Å².